The average molecular weight is 369 g/mol. The van der Waals surface area contributed by atoms with Crippen molar-refractivity contribution in [3.63, 3.8) is 0 Å². The van der Waals surface area contributed by atoms with E-state index < -0.39 is 35.4 Å². The van der Waals surface area contributed by atoms with Crippen LogP contribution in [0.4, 0.5) is 4.39 Å². The Hall–Kier alpha value is -2.45. The molecule has 2 aromatic rings. The topological polar surface area (TPSA) is 90.4 Å². The van der Waals surface area contributed by atoms with Crippen LogP contribution in [0.15, 0.2) is 40.1 Å². The molecule has 1 fully saturated rings. The van der Waals surface area contributed by atoms with Crippen molar-refractivity contribution in [2.24, 2.45) is 0 Å². The van der Waals surface area contributed by atoms with E-state index >= 15 is 0 Å². The monoisotopic (exact) mass is 368 g/mol. The molecule has 2 heterocycles. The third-order valence-electron chi connectivity index (χ3n) is 3.80. The summed E-state index contributed by atoms with van der Waals surface area (Å²) in [5, 5.41) is 0.511. The molecule has 0 saturated carbocycles. The van der Waals surface area contributed by atoms with Crippen molar-refractivity contribution >= 4 is 17.6 Å². The molecule has 0 spiro atoms. The van der Waals surface area contributed by atoms with Gasteiger partial charge < -0.3 is 9.47 Å². The van der Waals surface area contributed by atoms with E-state index in [9.17, 15) is 18.8 Å². The van der Waals surface area contributed by atoms with Gasteiger partial charge in [-0.15, -0.1) is 0 Å². The number of halogens is 2. The van der Waals surface area contributed by atoms with Crippen molar-refractivity contribution in [1.82, 2.24) is 9.55 Å². The van der Waals surface area contributed by atoms with Crippen molar-refractivity contribution in [2.75, 3.05) is 6.61 Å². The van der Waals surface area contributed by atoms with Crippen LogP contribution in [0, 0.1) is 5.82 Å². The summed E-state index contributed by atoms with van der Waals surface area (Å²) in [6.45, 7) is -0.00144. The van der Waals surface area contributed by atoms with E-state index in [1.54, 1.807) is 24.3 Å². The number of nitrogens with one attached hydrogen (secondary N) is 1. The predicted molar refractivity (Wildman–Crippen MR) is 86.2 cm³/mol. The van der Waals surface area contributed by atoms with Crippen LogP contribution in [-0.4, -0.2) is 28.2 Å². The van der Waals surface area contributed by atoms with Gasteiger partial charge in [-0.2, -0.15) is 4.39 Å². The predicted octanol–water partition coefficient (Wildman–Crippen LogP) is 1.86. The summed E-state index contributed by atoms with van der Waals surface area (Å²) in [4.78, 5) is 36.6. The second kappa shape index (κ2) is 7.20. The number of ether oxygens (including phenoxy) is 2. The van der Waals surface area contributed by atoms with Crippen LogP contribution >= 0.6 is 11.6 Å². The minimum Gasteiger partial charge on any atom is -0.459 e. The molecule has 2 atom stereocenters. The first-order chi connectivity index (χ1) is 11.9. The molecule has 9 heteroatoms. The highest BCUT2D eigenvalue weighted by Gasteiger charge is 2.29. The van der Waals surface area contributed by atoms with Crippen LogP contribution in [0.5, 0.6) is 0 Å². The number of carbonyl (C=O) groups is 1. The molecule has 1 aliphatic rings. The second-order valence-electron chi connectivity index (χ2n) is 5.54. The molecule has 1 aromatic heterocycles. The molecule has 25 heavy (non-hydrogen) atoms. The fourth-order valence-electron chi connectivity index (χ4n) is 2.53. The number of hydrogen-bond donors (Lipinski definition) is 1. The number of aromatic nitrogens is 2. The molecule has 3 rings (SSSR count). The lowest BCUT2D eigenvalue weighted by atomic mass is 10.2. The summed E-state index contributed by atoms with van der Waals surface area (Å²) in [6.07, 6.45) is 0.607. The van der Waals surface area contributed by atoms with Gasteiger partial charge in [0.1, 0.15) is 12.8 Å². The average Bonchev–Trinajstić information content (AvgIpc) is 3.05. The number of esters is 1. The molecule has 0 radical (unpaired) electrons. The molecule has 1 aliphatic heterocycles. The Kier molecular flexibility index (Phi) is 5.00. The van der Waals surface area contributed by atoms with E-state index in [-0.39, 0.29) is 6.61 Å². The summed E-state index contributed by atoms with van der Waals surface area (Å²) >= 11 is 5.76. The van der Waals surface area contributed by atoms with Gasteiger partial charge in [-0.05, 0) is 37.1 Å². The first-order valence-electron chi connectivity index (χ1n) is 7.53. The van der Waals surface area contributed by atoms with E-state index in [0.717, 1.165) is 10.8 Å². The molecule has 2 unspecified atom stereocenters. The number of aromatic amines is 1. The van der Waals surface area contributed by atoms with Crippen LogP contribution in [-0.2, 0) is 9.47 Å². The summed E-state index contributed by atoms with van der Waals surface area (Å²) < 4.78 is 25.1. The van der Waals surface area contributed by atoms with Gasteiger partial charge in [-0.1, -0.05) is 11.6 Å². The van der Waals surface area contributed by atoms with E-state index in [1.165, 1.54) is 0 Å². The largest absolute Gasteiger partial charge is 0.459 e. The molecule has 1 N–H and O–H groups in total. The maximum atomic E-state index is 13.3. The van der Waals surface area contributed by atoms with Crippen molar-refractivity contribution in [2.45, 2.75) is 25.2 Å². The second-order valence-corrected chi connectivity index (χ2v) is 5.98. The van der Waals surface area contributed by atoms with Crippen LogP contribution < -0.4 is 11.2 Å². The zero-order chi connectivity index (χ0) is 18.0. The Bertz CT molecular complexity index is 893. The molecule has 1 aromatic carbocycles. The third-order valence-corrected chi connectivity index (χ3v) is 4.05. The molecule has 0 aliphatic carbocycles. The van der Waals surface area contributed by atoms with Crippen LogP contribution in [0.1, 0.15) is 29.4 Å². The number of carbonyl (C=O) groups excluding carboxylic acids is 1. The SMILES string of the molecule is O=C(OCC1CCC(n2cc(F)c(=O)[nH]c2=O)O1)c1ccc(Cl)cc1. The minimum atomic E-state index is -1.08. The van der Waals surface area contributed by atoms with E-state index in [4.69, 9.17) is 21.1 Å². The molecule has 132 valence electrons. The van der Waals surface area contributed by atoms with E-state index in [2.05, 4.69) is 0 Å². The highest BCUT2D eigenvalue weighted by Crippen LogP contribution is 2.27. The first kappa shape index (κ1) is 17.4. The van der Waals surface area contributed by atoms with Crippen LogP contribution in [0.3, 0.4) is 0 Å². The van der Waals surface area contributed by atoms with Crippen molar-refractivity contribution in [1.29, 1.82) is 0 Å². The van der Waals surface area contributed by atoms with E-state index in [1.807, 2.05) is 4.98 Å². The third kappa shape index (κ3) is 3.97. The van der Waals surface area contributed by atoms with Crippen molar-refractivity contribution in [3.8, 4) is 0 Å². The number of hydrogen-bond acceptors (Lipinski definition) is 5. The quantitative estimate of drug-likeness (QED) is 0.832. The van der Waals surface area contributed by atoms with Gasteiger partial charge in [0.25, 0.3) is 5.56 Å². The highest BCUT2D eigenvalue weighted by molar-refractivity contribution is 6.30. The fraction of sp³-hybridized carbons (Fsp3) is 0.312. The lowest BCUT2D eigenvalue weighted by Gasteiger charge is -2.15. The molecule has 0 amide bonds. The van der Waals surface area contributed by atoms with Gasteiger partial charge in [-0.25, -0.2) is 9.59 Å². The van der Waals surface area contributed by atoms with Crippen LogP contribution in [0.2, 0.25) is 5.02 Å². The Morgan fingerprint density at radius 3 is 2.76 bits per heavy atom. The Morgan fingerprint density at radius 1 is 1.32 bits per heavy atom. The fourth-order valence-corrected chi connectivity index (χ4v) is 2.65. The van der Waals surface area contributed by atoms with E-state index in [0.29, 0.717) is 23.4 Å². The van der Waals surface area contributed by atoms with Gasteiger partial charge in [0.15, 0.2) is 0 Å². The number of H-pyrrole nitrogens is 1. The number of benzene rings is 1. The molecular weight excluding hydrogens is 355 g/mol. The Labute approximate surface area is 146 Å². The summed E-state index contributed by atoms with van der Waals surface area (Å²) in [6, 6.07) is 6.26. The first-order valence-corrected chi connectivity index (χ1v) is 7.91. The normalized spacial score (nSPS) is 19.8. The molecule has 1 saturated heterocycles. The number of rotatable bonds is 4. The highest BCUT2D eigenvalue weighted by atomic mass is 35.5. The van der Waals surface area contributed by atoms with Crippen molar-refractivity contribution < 1.29 is 18.7 Å². The maximum Gasteiger partial charge on any atom is 0.338 e. The molecule has 0 bridgehead atoms. The zero-order valence-corrected chi connectivity index (χ0v) is 13.7. The maximum absolute atomic E-state index is 13.3. The summed E-state index contributed by atoms with van der Waals surface area (Å²) in [7, 11) is 0. The smallest absolute Gasteiger partial charge is 0.338 e. The van der Waals surface area contributed by atoms with Gasteiger partial charge in [-0.3, -0.25) is 14.3 Å². The Balaban J connectivity index is 1.59. The standard InChI is InChI=1S/C16H14ClFN2O5/c17-10-3-1-9(2-4-10)15(22)24-8-11-5-6-13(25-11)20-7-12(18)14(21)19-16(20)23/h1-4,7,11,13H,5-6,8H2,(H,19,21,23). The lowest BCUT2D eigenvalue weighted by molar-refractivity contribution is -0.0343. The van der Waals surface area contributed by atoms with Gasteiger partial charge in [0.05, 0.1) is 17.9 Å². The zero-order valence-electron chi connectivity index (χ0n) is 12.9. The van der Waals surface area contributed by atoms with Crippen molar-refractivity contribution in [3.05, 3.63) is 67.7 Å². The van der Waals surface area contributed by atoms with Gasteiger partial charge in [0.2, 0.25) is 5.82 Å². The van der Waals surface area contributed by atoms with Gasteiger partial charge in [0, 0.05) is 5.02 Å². The Morgan fingerprint density at radius 2 is 2.04 bits per heavy atom. The lowest BCUT2D eigenvalue weighted by Crippen LogP contribution is -2.34. The van der Waals surface area contributed by atoms with Gasteiger partial charge >= 0.3 is 11.7 Å². The number of nitrogens with zero attached hydrogens (tertiary/aromatic N) is 1. The van der Waals surface area contributed by atoms with Crippen LogP contribution in [0.25, 0.3) is 0 Å². The molecule has 7 nitrogen and oxygen atoms in total. The minimum absolute atomic E-state index is 0.00144. The summed E-state index contributed by atoms with van der Waals surface area (Å²) in [5.41, 5.74) is -1.47. The molecular formula is C16H14ClFN2O5. The summed E-state index contributed by atoms with van der Waals surface area (Å²) in [5.74, 6) is -1.59.